The molecule has 0 amide bonds. The molecule has 2 fully saturated rings. The van der Waals surface area contributed by atoms with Gasteiger partial charge < -0.3 is 19.1 Å². The van der Waals surface area contributed by atoms with Gasteiger partial charge in [0.2, 0.25) is 0 Å². The van der Waals surface area contributed by atoms with Gasteiger partial charge >= 0.3 is 19.4 Å². The Balaban J connectivity index is 1.66. The van der Waals surface area contributed by atoms with Crippen molar-refractivity contribution in [2.75, 3.05) is 12.4 Å². The third-order valence-electron chi connectivity index (χ3n) is 6.27. The maximum absolute atomic E-state index is 13.9. The van der Waals surface area contributed by atoms with E-state index in [-0.39, 0.29) is 5.75 Å². The largest absolute Gasteiger partial charge is 0.462 e. The summed E-state index contributed by atoms with van der Waals surface area (Å²) in [4.78, 5) is 41.6. The second-order valence-corrected chi connectivity index (χ2v) is 12.6. The van der Waals surface area contributed by atoms with E-state index in [4.69, 9.17) is 18.5 Å². The van der Waals surface area contributed by atoms with Gasteiger partial charge in [-0.2, -0.15) is 5.09 Å². The minimum absolute atomic E-state index is 0.136. The van der Waals surface area contributed by atoms with Gasteiger partial charge in [-0.15, -0.1) is 11.8 Å². The number of H-pyrrole nitrogens is 1. The molecule has 2 unspecified atom stereocenters. The van der Waals surface area contributed by atoms with Crippen LogP contribution in [-0.2, 0) is 23.4 Å². The summed E-state index contributed by atoms with van der Waals surface area (Å²) >= 11 is 1.28. The molecule has 1 spiro atoms. The molecule has 216 valence electrons. The van der Waals surface area contributed by atoms with Crippen molar-refractivity contribution in [2.45, 2.75) is 62.1 Å². The predicted molar refractivity (Wildman–Crippen MR) is 144 cm³/mol. The van der Waals surface area contributed by atoms with E-state index in [1.807, 2.05) is 0 Å². The lowest BCUT2D eigenvalue weighted by molar-refractivity contribution is -0.149. The van der Waals surface area contributed by atoms with E-state index in [0.29, 0.717) is 12.2 Å². The van der Waals surface area contributed by atoms with Crippen molar-refractivity contribution < 1.29 is 33.0 Å². The number of esters is 1. The third-order valence-corrected chi connectivity index (χ3v) is 9.47. The molecule has 2 aliphatic rings. The summed E-state index contributed by atoms with van der Waals surface area (Å²) in [6, 6.07) is 7.96. The Morgan fingerprint density at radius 3 is 2.62 bits per heavy atom. The number of hydrogen-bond donors (Lipinski definition) is 3. The van der Waals surface area contributed by atoms with Crippen molar-refractivity contribution in [1.82, 2.24) is 14.6 Å². The molecule has 2 saturated heterocycles. The molecule has 2 aromatic rings. The molecule has 3 heterocycles. The number of benzene rings is 1. The summed E-state index contributed by atoms with van der Waals surface area (Å²) in [7, 11) is -4.43. The van der Waals surface area contributed by atoms with Crippen LogP contribution in [0.4, 0.5) is 0 Å². The van der Waals surface area contributed by atoms with Crippen LogP contribution in [0.2, 0.25) is 0 Å². The number of carbonyl (C=O) groups is 1. The molecular formula is C23H29N6O9PS. The summed E-state index contributed by atoms with van der Waals surface area (Å²) in [5.74, 6) is 0.0198. The number of hydrogen-bond acceptors (Lipinski definition) is 11. The lowest BCUT2D eigenvalue weighted by Crippen LogP contribution is -2.55. The highest BCUT2D eigenvalue weighted by molar-refractivity contribution is 8.02. The summed E-state index contributed by atoms with van der Waals surface area (Å²) in [6.07, 6.45) is -1.58. The Labute approximate surface area is 232 Å². The molecular weight excluding hydrogens is 567 g/mol. The van der Waals surface area contributed by atoms with Gasteiger partial charge in [0.05, 0.1) is 17.5 Å². The van der Waals surface area contributed by atoms with Gasteiger partial charge in [-0.25, -0.2) is 9.36 Å². The SMILES string of the molecule is CC(C)OC(=O)[C@H](C)NP(=O)(OCC1(N=[N+]=[N-])O[C@@H](n2ccc(=O)[nH]c2=O)[C@@]2(CCS2)[C@@H]1O)Oc1ccccc1. The standard InChI is InChI=1S/C23H29N6O9PS/c1-14(2)36-18(31)15(3)26-39(34,38-16-7-5-4-6-8-16)35-13-23(27-28-24)19(32)22(10-12-40-22)20(37-23)29-11-9-17(30)25-21(29)33/h4-9,11,14-15,19-20,32H,10,12-13H2,1-3H3,(H,26,34)(H,25,30,33)/t15-,19-,20+,22+,23?,39?/m0/s1. The minimum Gasteiger partial charge on any atom is -0.462 e. The Kier molecular flexibility index (Phi) is 8.80. The van der Waals surface area contributed by atoms with Gasteiger partial charge in [-0.05, 0) is 50.6 Å². The van der Waals surface area contributed by atoms with E-state index in [1.54, 1.807) is 32.0 Å². The fraction of sp³-hybridized carbons (Fsp3) is 0.522. The van der Waals surface area contributed by atoms with Gasteiger partial charge in [0.25, 0.3) is 5.56 Å². The highest BCUT2D eigenvalue weighted by Gasteiger charge is 2.68. The first kappa shape index (κ1) is 29.9. The van der Waals surface area contributed by atoms with E-state index in [0.717, 1.165) is 10.6 Å². The number of carbonyl (C=O) groups excluding carboxylic acids is 1. The smallest absolute Gasteiger partial charge is 0.459 e. The van der Waals surface area contributed by atoms with Crippen LogP contribution in [0.3, 0.4) is 0 Å². The molecule has 15 nitrogen and oxygen atoms in total. The molecule has 2 aliphatic heterocycles. The van der Waals surface area contributed by atoms with Crippen molar-refractivity contribution in [2.24, 2.45) is 5.11 Å². The highest BCUT2D eigenvalue weighted by Crippen LogP contribution is 2.60. The fourth-order valence-electron chi connectivity index (χ4n) is 4.33. The lowest BCUT2D eigenvalue weighted by atomic mass is 9.91. The Morgan fingerprint density at radius 2 is 2.05 bits per heavy atom. The molecule has 1 aromatic heterocycles. The first-order chi connectivity index (χ1) is 18.9. The predicted octanol–water partition coefficient (Wildman–Crippen LogP) is 2.44. The molecule has 0 radical (unpaired) electrons. The Bertz CT molecular complexity index is 1440. The maximum Gasteiger partial charge on any atom is 0.459 e. The van der Waals surface area contributed by atoms with Gasteiger partial charge in [0, 0.05) is 17.2 Å². The number of para-hydroxylation sites is 1. The Hall–Kier alpha value is -3.10. The van der Waals surface area contributed by atoms with Gasteiger partial charge in [-0.1, -0.05) is 23.3 Å². The first-order valence-electron chi connectivity index (χ1n) is 12.3. The van der Waals surface area contributed by atoms with Crippen molar-refractivity contribution in [3.05, 3.63) is 73.9 Å². The van der Waals surface area contributed by atoms with Gasteiger partial charge in [0.1, 0.15) is 17.9 Å². The monoisotopic (exact) mass is 596 g/mol. The molecule has 3 N–H and O–H groups in total. The summed E-state index contributed by atoms with van der Waals surface area (Å²) in [5, 5.41) is 17.7. The highest BCUT2D eigenvalue weighted by atomic mass is 32.2. The molecule has 4 rings (SSSR count). The molecule has 6 atom stereocenters. The second kappa shape index (κ2) is 11.8. The van der Waals surface area contributed by atoms with E-state index >= 15 is 0 Å². The number of aromatic nitrogens is 2. The van der Waals surface area contributed by atoms with Gasteiger partial charge in [0.15, 0.2) is 12.0 Å². The minimum atomic E-state index is -4.43. The number of rotatable bonds is 11. The van der Waals surface area contributed by atoms with Crippen LogP contribution < -0.4 is 20.9 Å². The molecule has 0 saturated carbocycles. The topological polar surface area (TPSA) is 207 Å². The molecule has 0 aliphatic carbocycles. The number of aliphatic hydroxyl groups excluding tert-OH is 1. The van der Waals surface area contributed by atoms with Crippen LogP contribution in [0.1, 0.15) is 33.4 Å². The number of nitrogens with zero attached hydrogens (tertiary/aromatic N) is 4. The van der Waals surface area contributed by atoms with Crippen LogP contribution in [0, 0.1) is 0 Å². The van der Waals surface area contributed by atoms with Gasteiger partial charge in [-0.3, -0.25) is 23.7 Å². The number of aliphatic hydroxyl groups is 1. The normalized spacial score (nSPS) is 27.8. The van der Waals surface area contributed by atoms with Crippen LogP contribution in [0.15, 0.2) is 57.3 Å². The van der Waals surface area contributed by atoms with Crippen molar-refractivity contribution >= 4 is 25.5 Å². The zero-order valence-corrected chi connectivity index (χ0v) is 23.5. The van der Waals surface area contributed by atoms with Crippen LogP contribution >= 0.6 is 19.5 Å². The molecule has 0 bridgehead atoms. The average molecular weight is 597 g/mol. The zero-order chi connectivity index (χ0) is 29.1. The summed E-state index contributed by atoms with van der Waals surface area (Å²) in [6.45, 7) is 3.92. The summed E-state index contributed by atoms with van der Waals surface area (Å²) in [5.41, 5.74) is 5.80. The van der Waals surface area contributed by atoms with E-state index in [9.17, 15) is 29.6 Å². The van der Waals surface area contributed by atoms with E-state index in [1.165, 1.54) is 37.0 Å². The number of aromatic amines is 1. The number of azide groups is 1. The number of nitrogens with one attached hydrogen (secondary N) is 2. The molecule has 40 heavy (non-hydrogen) atoms. The quantitative estimate of drug-likeness (QED) is 0.113. The van der Waals surface area contributed by atoms with E-state index < -0.39 is 66.5 Å². The Morgan fingerprint density at radius 1 is 1.35 bits per heavy atom. The first-order valence-corrected chi connectivity index (χ1v) is 14.8. The van der Waals surface area contributed by atoms with Crippen LogP contribution in [0.5, 0.6) is 5.75 Å². The van der Waals surface area contributed by atoms with Crippen molar-refractivity contribution in [1.29, 1.82) is 0 Å². The second-order valence-electron chi connectivity index (χ2n) is 9.49. The van der Waals surface area contributed by atoms with E-state index in [2.05, 4.69) is 20.1 Å². The van der Waals surface area contributed by atoms with Crippen molar-refractivity contribution in [3.8, 4) is 5.75 Å². The lowest BCUT2D eigenvalue weighted by Gasteiger charge is -2.44. The number of ether oxygens (including phenoxy) is 2. The van der Waals surface area contributed by atoms with Crippen molar-refractivity contribution in [3.63, 3.8) is 0 Å². The zero-order valence-electron chi connectivity index (χ0n) is 21.8. The average Bonchev–Trinajstić information content (AvgIpc) is 3.12. The third kappa shape index (κ3) is 5.98. The number of thioether (sulfide) groups is 1. The molecule has 1 aromatic carbocycles. The fourth-order valence-corrected chi connectivity index (χ4v) is 7.17. The molecule has 17 heteroatoms. The van der Waals surface area contributed by atoms with Crippen LogP contribution in [0.25, 0.3) is 10.4 Å². The summed E-state index contributed by atoms with van der Waals surface area (Å²) < 4.78 is 36.4. The maximum atomic E-state index is 13.9. The van der Waals surface area contributed by atoms with Crippen LogP contribution in [-0.4, -0.2) is 61.7 Å².